The number of para-hydroxylation sites is 1. The van der Waals surface area contributed by atoms with E-state index < -0.39 is 0 Å². The fraction of sp³-hybridized carbons (Fsp3) is 0.296. The highest BCUT2D eigenvalue weighted by Gasteiger charge is 2.30. The summed E-state index contributed by atoms with van der Waals surface area (Å²) in [6.45, 7) is 6.52. The van der Waals surface area contributed by atoms with E-state index in [1.807, 2.05) is 16.8 Å². The van der Waals surface area contributed by atoms with Gasteiger partial charge in [-0.05, 0) is 52.7 Å². The molecule has 7 nitrogen and oxygen atoms in total. The second-order valence-electron chi connectivity index (χ2n) is 8.71. The Morgan fingerprint density at radius 1 is 0.853 bits per heavy atom. The summed E-state index contributed by atoms with van der Waals surface area (Å²) in [7, 11) is 1.68. The zero-order valence-electron chi connectivity index (χ0n) is 19.7. The van der Waals surface area contributed by atoms with Crippen LogP contribution in [0.25, 0.3) is 0 Å². The SMILES string of the molecule is COc1ccc(Cn2nnnc2[C@@H](c2ccc(C)cc2)N2CCN(c3ccccc3)CC2)cc1. The van der Waals surface area contributed by atoms with E-state index in [4.69, 9.17) is 4.74 Å². The van der Waals surface area contributed by atoms with E-state index in [-0.39, 0.29) is 6.04 Å². The highest BCUT2D eigenvalue weighted by atomic mass is 16.5. The average Bonchev–Trinajstić information content (AvgIpc) is 3.34. The number of rotatable bonds is 7. The molecule has 1 aliphatic rings. The van der Waals surface area contributed by atoms with Crippen LogP contribution in [0.15, 0.2) is 78.9 Å². The van der Waals surface area contributed by atoms with E-state index in [1.165, 1.54) is 16.8 Å². The number of benzene rings is 3. The summed E-state index contributed by atoms with van der Waals surface area (Å²) in [6.07, 6.45) is 0. The van der Waals surface area contributed by atoms with Gasteiger partial charge in [0.15, 0.2) is 5.82 Å². The molecule has 0 aliphatic carbocycles. The molecule has 2 heterocycles. The summed E-state index contributed by atoms with van der Waals surface area (Å²) in [5, 5.41) is 13.0. The third-order valence-corrected chi connectivity index (χ3v) is 6.49. The minimum atomic E-state index is -0.00762. The molecule has 1 atom stereocenters. The third-order valence-electron chi connectivity index (χ3n) is 6.49. The molecule has 0 unspecified atom stereocenters. The van der Waals surface area contributed by atoms with Gasteiger partial charge in [0.1, 0.15) is 5.75 Å². The Labute approximate surface area is 200 Å². The Morgan fingerprint density at radius 2 is 1.56 bits per heavy atom. The third kappa shape index (κ3) is 4.79. The first kappa shape index (κ1) is 22.1. The quantitative estimate of drug-likeness (QED) is 0.421. The zero-order valence-corrected chi connectivity index (χ0v) is 19.7. The van der Waals surface area contributed by atoms with Gasteiger partial charge >= 0.3 is 0 Å². The number of piperazine rings is 1. The van der Waals surface area contributed by atoms with Gasteiger partial charge in [-0.25, -0.2) is 4.68 Å². The van der Waals surface area contributed by atoms with Crippen molar-refractivity contribution in [3.8, 4) is 5.75 Å². The van der Waals surface area contributed by atoms with Crippen molar-refractivity contribution in [1.29, 1.82) is 0 Å². The van der Waals surface area contributed by atoms with Crippen molar-refractivity contribution in [2.24, 2.45) is 0 Å². The van der Waals surface area contributed by atoms with Crippen molar-refractivity contribution < 1.29 is 4.74 Å². The number of anilines is 1. The molecule has 0 spiro atoms. The first-order chi connectivity index (χ1) is 16.7. The van der Waals surface area contributed by atoms with Crippen molar-refractivity contribution >= 4 is 5.69 Å². The first-order valence-corrected chi connectivity index (χ1v) is 11.7. The lowest BCUT2D eigenvalue weighted by Crippen LogP contribution is -2.48. The number of ether oxygens (including phenoxy) is 1. The Morgan fingerprint density at radius 3 is 2.24 bits per heavy atom. The van der Waals surface area contributed by atoms with Crippen LogP contribution in [0.1, 0.15) is 28.6 Å². The van der Waals surface area contributed by atoms with Gasteiger partial charge in [-0.2, -0.15) is 0 Å². The highest BCUT2D eigenvalue weighted by Crippen LogP contribution is 2.29. The Balaban J connectivity index is 1.41. The molecule has 1 aromatic heterocycles. The molecule has 0 N–H and O–H groups in total. The number of methoxy groups -OCH3 is 1. The zero-order chi connectivity index (χ0) is 23.3. The van der Waals surface area contributed by atoms with Crippen molar-refractivity contribution in [3.05, 3.63) is 101 Å². The standard InChI is InChI=1S/C27H30N6O/c1-21-8-12-23(13-9-21)26(32-18-16-31(17-19-32)24-6-4-3-5-7-24)27-28-29-30-33(27)20-22-10-14-25(34-2)15-11-22/h3-15,26H,16-20H2,1-2H3/t26-/m1/s1. The van der Waals surface area contributed by atoms with Gasteiger partial charge in [0.25, 0.3) is 0 Å². The summed E-state index contributed by atoms with van der Waals surface area (Å²) in [6, 6.07) is 27.4. The van der Waals surface area contributed by atoms with Crippen LogP contribution in [0.3, 0.4) is 0 Å². The minimum absolute atomic E-state index is 0.00762. The highest BCUT2D eigenvalue weighted by molar-refractivity contribution is 5.46. The molecule has 3 aromatic carbocycles. The summed E-state index contributed by atoms with van der Waals surface area (Å²) in [5.74, 6) is 1.71. The lowest BCUT2D eigenvalue weighted by Gasteiger charge is -2.40. The summed E-state index contributed by atoms with van der Waals surface area (Å²) in [5.41, 5.74) is 4.86. The average molecular weight is 455 g/mol. The predicted molar refractivity (Wildman–Crippen MR) is 133 cm³/mol. The maximum Gasteiger partial charge on any atom is 0.173 e. The molecule has 4 aromatic rings. The number of aryl methyl sites for hydroxylation is 1. The Kier molecular flexibility index (Phi) is 6.53. The summed E-state index contributed by atoms with van der Waals surface area (Å²) < 4.78 is 7.22. The molecule has 1 aliphatic heterocycles. The van der Waals surface area contributed by atoms with Crippen LogP contribution in [-0.2, 0) is 6.54 Å². The molecule has 7 heteroatoms. The van der Waals surface area contributed by atoms with Crippen molar-refractivity contribution in [2.75, 3.05) is 38.2 Å². The smallest absolute Gasteiger partial charge is 0.173 e. The molecule has 1 fully saturated rings. The van der Waals surface area contributed by atoms with Gasteiger partial charge in [-0.1, -0.05) is 60.2 Å². The molecule has 0 radical (unpaired) electrons. The molecule has 174 valence electrons. The minimum Gasteiger partial charge on any atom is -0.497 e. The fourth-order valence-electron chi connectivity index (χ4n) is 4.57. The lowest BCUT2D eigenvalue weighted by atomic mass is 10.0. The van der Waals surface area contributed by atoms with Gasteiger partial charge in [0, 0.05) is 31.9 Å². The van der Waals surface area contributed by atoms with Crippen molar-refractivity contribution in [1.82, 2.24) is 25.1 Å². The van der Waals surface area contributed by atoms with Gasteiger partial charge in [0.05, 0.1) is 19.7 Å². The van der Waals surface area contributed by atoms with E-state index in [0.29, 0.717) is 6.54 Å². The number of tetrazole rings is 1. The normalized spacial score (nSPS) is 15.3. The molecule has 0 amide bonds. The summed E-state index contributed by atoms with van der Waals surface area (Å²) >= 11 is 0. The Bertz CT molecular complexity index is 1180. The van der Waals surface area contributed by atoms with Crippen LogP contribution in [0, 0.1) is 6.92 Å². The molecule has 5 rings (SSSR count). The van der Waals surface area contributed by atoms with E-state index in [2.05, 4.69) is 99.0 Å². The van der Waals surface area contributed by atoms with Gasteiger partial charge in [-0.15, -0.1) is 5.10 Å². The second kappa shape index (κ2) is 10.1. The largest absolute Gasteiger partial charge is 0.497 e. The fourth-order valence-corrected chi connectivity index (χ4v) is 4.57. The second-order valence-corrected chi connectivity index (χ2v) is 8.71. The maximum absolute atomic E-state index is 5.30. The molecule has 0 bridgehead atoms. The number of hydrogen-bond acceptors (Lipinski definition) is 6. The van der Waals surface area contributed by atoms with Gasteiger partial charge in [-0.3, -0.25) is 4.90 Å². The van der Waals surface area contributed by atoms with E-state index in [9.17, 15) is 0 Å². The molecular weight excluding hydrogens is 424 g/mol. The van der Waals surface area contributed by atoms with Crippen LogP contribution in [-0.4, -0.2) is 58.4 Å². The molecular formula is C27H30N6O. The number of nitrogens with zero attached hydrogens (tertiary/aromatic N) is 6. The predicted octanol–water partition coefficient (Wildman–Crippen LogP) is 3.95. The topological polar surface area (TPSA) is 59.3 Å². The Hall–Kier alpha value is -3.71. The molecule has 1 saturated heterocycles. The van der Waals surface area contributed by atoms with Crippen LogP contribution in [0.5, 0.6) is 5.75 Å². The first-order valence-electron chi connectivity index (χ1n) is 11.7. The van der Waals surface area contributed by atoms with E-state index in [1.54, 1.807) is 7.11 Å². The number of aromatic nitrogens is 4. The van der Waals surface area contributed by atoms with Crippen LogP contribution < -0.4 is 9.64 Å². The van der Waals surface area contributed by atoms with Crippen molar-refractivity contribution in [3.63, 3.8) is 0 Å². The van der Waals surface area contributed by atoms with Gasteiger partial charge < -0.3 is 9.64 Å². The van der Waals surface area contributed by atoms with Crippen molar-refractivity contribution in [2.45, 2.75) is 19.5 Å². The monoisotopic (exact) mass is 454 g/mol. The van der Waals surface area contributed by atoms with E-state index >= 15 is 0 Å². The maximum atomic E-state index is 5.30. The number of hydrogen-bond donors (Lipinski definition) is 0. The lowest BCUT2D eigenvalue weighted by molar-refractivity contribution is 0.201. The molecule has 0 saturated carbocycles. The van der Waals surface area contributed by atoms with Crippen LogP contribution >= 0.6 is 0 Å². The van der Waals surface area contributed by atoms with Crippen LogP contribution in [0.2, 0.25) is 0 Å². The summed E-state index contributed by atoms with van der Waals surface area (Å²) in [4.78, 5) is 4.95. The van der Waals surface area contributed by atoms with E-state index in [0.717, 1.165) is 43.3 Å². The van der Waals surface area contributed by atoms with Gasteiger partial charge in [0.2, 0.25) is 0 Å². The van der Waals surface area contributed by atoms with Crippen LogP contribution in [0.4, 0.5) is 5.69 Å². The molecule has 34 heavy (non-hydrogen) atoms.